The second kappa shape index (κ2) is 8.60. The molecule has 0 fully saturated rings. The maximum absolute atomic E-state index is 12.1. The summed E-state index contributed by atoms with van der Waals surface area (Å²) in [5.41, 5.74) is 0.939. The Morgan fingerprint density at radius 3 is 2.68 bits per heavy atom. The van der Waals surface area contributed by atoms with Gasteiger partial charge in [0, 0.05) is 24.7 Å². The third-order valence-corrected chi connectivity index (χ3v) is 3.51. The average Bonchev–Trinajstić information content (AvgIpc) is 2.47. The number of carbonyl (C=O) groups excluding carboxylic acids is 2. The van der Waals surface area contributed by atoms with Gasteiger partial charge in [-0.2, -0.15) is 0 Å². The summed E-state index contributed by atoms with van der Waals surface area (Å²) >= 11 is 6.00. The summed E-state index contributed by atoms with van der Waals surface area (Å²) in [4.78, 5) is 25.8. The Kier molecular flexibility index (Phi) is 7.14. The summed E-state index contributed by atoms with van der Waals surface area (Å²) in [5.74, 6) is 0.460. The van der Waals surface area contributed by atoms with Gasteiger partial charge in [-0.1, -0.05) is 11.6 Å². The number of hydrogen-bond acceptors (Lipinski definition) is 3. The van der Waals surface area contributed by atoms with E-state index >= 15 is 0 Å². The fraction of sp³-hybridized carbons (Fsp3) is 0.467. The first kappa shape index (κ1) is 18.3. The van der Waals surface area contributed by atoms with Crippen LogP contribution in [0.2, 0.25) is 5.02 Å². The first-order chi connectivity index (χ1) is 10.4. The number of methoxy groups -OCH3 is 1. The zero-order valence-corrected chi connectivity index (χ0v) is 14.2. The van der Waals surface area contributed by atoms with Crippen LogP contribution in [-0.2, 0) is 16.1 Å². The topological polar surface area (TPSA) is 63.1 Å². The molecule has 2 amide bonds. The predicted molar refractivity (Wildman–Crippen MR) is 85.2 cm³/mol. The van der Waals surface area contributed by atoms with E-state index in [2.05, 4.69) is 5.32 Å². The van der Waals surface area contributed by atoms with Crippen LogP contribution >= 0.6 is 11.6 Å². The lowest BCUT2D eigenvalue weighted by atomic mass is 10.2. The molecule has 0 radical (unpaired) electrons. The molecule has 0 aromatic heterocycles. The maximum Gasteiger partial charge on any atom is 0.277 e. The molecule has 1 unspecified atom stereocenters. The lowest BCUT2D eigenvalue weighted by molar-refractivity contribution is -0.885. The fourth-order valence-corrected chi connectivity index (χ4v) is 2.24. The van der Waals surface area contributed by atoms with Crippen LogP contribution in [0.15, 0.2) is 18.2 Å². The molecule has 0 aliphatic rings. The molecule has 1 aromatic carbocycles. The van der Waals surface area contributed by atoms with Crippen LogP contribution in [0.4, 0.5) is 0 Å². The van der Waals surface area contributed by atoms with Crippen LogP contribution in [-0.4, -0.2) is 58.1 Å². The Hall–Kier alpha value is -1.79. The standard InChI is InChI=1S/C15H22ClN3O3/c1-17-14(20)9-19(3)15(21)10-18(2)8-11-7-12(16)5-6-13(11)22-4/h5-7H,8-10H2,1-4H3,(H,17,20)/p+1. The van der Waals surface area contributed by atoms with Crippen molar-refractivity contribution < 1.29 is 19.2 Å². The van der Waals surface area contributed by atoms with E-state index in [4.69, 9.17) is 16.3 Å². The molecule has 0 aliphatic carbocycles. The van der Waals surface area contributed by atoms with Crippen LogP contribution in [0.5, 0.6) is 5.75 Å². The largest absolute Gasteiger partial charge is 0.496 e. The van der Waals surface area contributed by atoms with Crippen molar-refractivity contribution in [2.75, 3.05) is 41.3 Å². The molecule has 0 saturated heterocycles. The second-order valence-electron chi connectivity index (χ2n) is 5.19. The Balaban J connectivity index is 2.62. The van der Waals surface area contributed by atoms with Crippen molar-refractivity contribution >= 4 is 23.4 Å². The van der Waals surface area contributed by atoms with Gasteiger partial charge in [0.1, 0.15) is 12.3 Å². The van der Waals surface area contributed by atoms with Crippen LogP contribution in [0.3, 0.4) is 0 Å². The molecule has 0 saturated carbocycles. The lowest BCUT2D eigenvalue weighted by Crippen LogP contribution is -3.08. The quantitative estimate of drug-likeness (QED) is 0.714. The summed E-state index contributed by atoms with van der Waals surface area (Å²) in [7, 11) is 6.67. The third kappa shape index (κ3) is 5.54. The van der Waals surface area contributed by atoms with Gasteiger partial charge >= 0.3 is 0 Å². The number of quaternary nitrogens is 1. The van der Waals surface area contributed by atoms with Crippen molar-refractivity contribution in [3.63, 3.8) is 0 Å². The molecule has 6 nitrogen and oxygen atoms in total. The fourth-order valence-electron chi connectivity index (χ4n) is 2.05. The normalized spacial score (nSPS) is 11.7. The molecule has 0 aliphatic heterocycles. The number of ether oxygens (including phenoxy) is 1. The van der Waals surface area contributed by atoms with Gasteiger partial charge in [0.25, 0.3) is 5.91 Å². The highest BCUT2D eigenvalue weighted by atomic mass is 35.5. The molecule has 1 atom stereocenters. The van der Waals surface area contributed by atoms with Crippen molar-refractivity contribution in [1.82, 2.24) is 10.2 Å². The van der Waals surface area contributed by atoms with Gasteiger partial charge in [-0.25, -0.2) is 0 Å². The Bertz CT molecular complexity index is 537. The van der Waals surface area contributed by atoms with Gasteiger partial charge in [-0.3, -0.25) is 9.59 Å². The predicted octanol–water partition coefficient (Wildman–Crippen LogP) is -0.432. The highest BCUT2D eigenvalue weighted by Crippen LogP contribution is 2.21. The summed E-state index contributed by atoms with van der Waals surface area (Å²) in [5, 5.41) is 3.13. The van der Waals surface area contributed by atoms with E-state index in [9.17, 15) is 9.59 Å². The Morgan fingerprint density at radius 2 is 2.09 bits per heavy atom. The Labute approximate surface area is 136 Å². The molecule has 22 heavy (non-hydrogen) atoms. The first-order valence-corrected chi connectivity index (χ1v) is 7.33. The minimum atomic E-state index is -0.190. The number of carbonyl (C=O) groups is 2. The minimum Gasteiger partial charge on any atom is -0.496 e. The highest BCUT2D eigenvalue weighted by Gasteiger charge is 2.18. The summed E-state index contributed by atoms with van der Waals surface area (Å²) in [6.45, 7) is 0.940. The van der Waals surface area contributed by atoms with E-state index < -0.39 is 0 Å². The molecule has 1 aromatic rings. The zero-order valence-electron chi connectivity index (χ0n) is 13.4. The summed E-state index contributed by atoms with van der Waals surface area (Å²) in [6.07, 6.45) is 0. The minimum absolute atomic E-state index is 0.0586. The lowest BCUT2D eigenvalue weighted by Gasteiger charge is -2.20. The van der Waals surface area contributed by atoms with E-state index in [0.717, 1.165) is 16.2 Å². The molecular formula is C15H23ClN3O3+. The van der Waals surface area contributed by atoms with Gasteiger partial charge in [0.05, 0.1) is 20.7 Å². The monoisotopic (exact) mass is 328 g/mol. The average molecular weight is 329 g/mol. The van der Waals surface area contributed by atoms with Crippen molar-refractivity contribution in [3.05, 3.63) is 28.8 Å². The zero-order chi connectivity index (χ0) is 16.7. The van der Waals surface area contributed by atoms with Gasteiger partial charge in [-0.05, 0) is 18.2 Å². The number of halogens is 1. The number of rotatable bonds is 7. The van der Waals surface area contributed by atoms with Gasteiger partial charge in [0.15, 0.2) is 6.54 Å². The molecule has 0 spiro atoms. The number of benzene rings is 1. The van der Waals surface area contributed by atoms with Gasteiger partial charge in [-0.15, -0.1) is 0 Å². The van der Waals surface area contributed by atoms with E-state index in [1.165, 1.54) is 4.90 Å². The summed E-state index contributed by atoms with van der Waals surface area (Å²) in [6, 6.07) is 5.41. The SMILES string of the molecule is CNC(=O)CN(C)C(=O)C[NH+](C)Cc1cc(Cl)ccc1OC. The van der Waals surface area contributed by atoms with Gasteiger partial charge < -0.3 is 19.9 Å². The number of hydrogen-bond donors (Lipinski definition) is 2. The summed E-state index contributed by atoms with van der Waals surface area (Å²) < 4.78 is 5.30. The molecular weight excluding hydrogens is 306 g/mol. The van der Waals surface area contributed by atoms with E-state index in [1.54, 1.807) is 27.3 Å². The highest BCUT2D eigenvalue weighted by molar-refractivity contribution is 6.30. The van der Waals surface area contributed by atoms with Crippen LogP contribution in [0, 0.1) is 0 Å². The number of likely N-dealkylation sites (N-methyl/N-ethyl adjacent to an activating group) is 3. The molecule has 0 heterocycles. The van der Waals surface area contributed by atoms with E-state index in [1.807, 2.05) is 19.2 Å². The van der Waals surface area contributed by atoms with Crippen molar-refractivity contribution in [3.8, 4) is 5.75 Å². The van der Waals surface area contributed by atoms with Crippen LogP contribution < -0.4 is 15.0 Å². The van der Waals surface area contributed by atoms with Crippen LogP contribution in [0.1, 0.15) is 5.56 Å². The van der Waals surface area contributed by atoms with Crippen molar-refractivity contribution in [2.45, 2.75) is 6.54 Å². The Morgan fingerprint density at radius 1 is 1.41 bits per heavy atom. The van der Waals surface area contributed by atoms with Crippen LogP contribution in [0.25, 0.3) is 0 Å². The van der Waals surface area contributed by atoms with Gasteiger partial charge in [0.2, 0.25) is 5.91 Å². The van der Waals surface area contributed by atoms with E-state index in [0.29, 0.717) is 11.6 Å². The smallest absolute Gasteiger partial charge is 0.277 e. The van der Waals surface area contributed by atoms with Crippen molar-refractivity contribution in [1.29, 1.82) is 0 Å². The first-order valence-electron chi connectivity index (χ1n) is 6.95. The molecule has 0 bridgehead atoms. The second-order valence-corrected chi connectivity index (χ2v) is 5.63. The van der Waals surface area contributed by atoms with Crippen molar-refractivity contribution in [2.24, 2.45) is 0 Å². The maximum atomic E-state index is 12.1. The molecule has 7 heteroatoms. The third-order valence-electron chi connectivity index (χ3n) is 3.27. The number of nitrogens with zero attached hydrogens (tertiary/aromatic N) is 1. The molecule has 2 N–H and O–H groups in total. The molecule has 122 valence electrons. The number of nitrogens with one attached hydrogen (secondary N) is 2. The van der Waals surface area contributed by atoms with E-state index in [-0.39, 0.29) is 24.9 Å². The molecule has 1 rings (SSSR count). The number of amides is 2.